The summed E-state index contributed by atoms with van der Waals surface area (Å²) in [5.74, 6) is 0. The smallest absolute Gasteiger partial charge is 0.0757 e. The van der Waals surface area contributed by atoms with Gasteiger partial charge in [-0.1, -0.05) is 17.7 Å². The van der Waals surface area contributed by atoms with E-state index in [1.54, 1.807) is 6.20 Å². The SMILES string of the molecule is CNC(c1cc(C)cc(Cl)c1)c1c(Br)cnn1C. The molecule has 0 bridgehead atoms. The zero-order valence-electron chi connectivity index (χ0n) is 10.5. The molecule has 3 nitrogen and oxygen atoms in total. The summed E-state index contributed by atoms with van der Waals surface area (Å²) in [5, 5.41) is 8.31. The molecule has 2 rings (SSSR count). The van der Waals surface area contributed by atoms with Crippen molar-refractivity contribution in [3.05, 3.63) is 50.7 Å². The van der Waals surface area contributed by atoms with Gasteiger partial charge in [0.15, 0.2) is 0 Å². The fraction of sp³-hybridized carbons (Fsp3) is 0.308. The van der Waals surface area contributed by atoms with Crippen molar-refractivity contribution in [2.45, 2.75) is 13.0 Å². The van der Waals surface area contributed by atoms with Crippen molar-refractivity contribution in [2.75, 3.05) is 7.05 Å². The minimum absolute atomic E-state index is 0.0595. The van der Waals surface area contributed by atoms with Crippen LogP contribution in [-0.4, -0.2) is 16.8 Å². The molecule has 1 aromatic heterocycles. The van der Waals surface area contributed by atoms with Crippen molar-refractivity contribution in [3.8, 4) is 0 Å². The van der Waals surface area contributed by atoms with E-state index in [1.165, 1.54) is 0 Å². The van der Waals surface area contributed by atoms with Crippen LogP contribution in [0.5, 0.6) is 0 Å². The van der Waals surface area contributed by atoms with Gasteiger partial charge in [-0.15, -0.1) is 0 Å². The van der Waals surface area contributed by atoms with E-state index in [9.17, 15) is 0 Å². The summed E-state index contributed by atoms with van der Waals surface area (Å²) in [6.45, 7) is 2.04. The maximum absolute atomic E-state index is 6.13. The van der Waals surface area contributed by atoms with Crippen LogP contribution in [0.2, 0.25) is 5.02 Å². The number of aromatic nitrogens is 2. The van der Waals surface area contributed by atoms with Gasteiger partial charge in [-0.25, -0.2) is 0 Å². The topological polar surface area (TPSA) is 29.9 Å². The first kappa shape index (κ1) is 13.6. The maximum atomic E-state index is 6.13. The van der Waals surface area contributed by atoms with E-state index in [0.717, 1.165) is 26.3 Å². The van der Waals surface area contributed by atoms with Crippen molar-refractivity contribution in [1.82, 2.24) is 15.1 Å². The molecule has 0 saturated heterocycles. The minimum atomic E-state index is 0.0595. The number of hydrogen-bond donors (Lipinski definition) is 1. The van der Waals surface area contributed by atoms with Crippen LogP contribution < -0.4 is 5.32 Å². The first-order valence-corrected chi connectivity index (χ1v) is 6.81. The van der Waals surface area contributed by atoms with E-state index in [1.807, 2.05) is 37.8 Å². The standard InChI is InChI=1S/C13H15BrClN3/c1-8-4-9(6-10(15)5-8)12(16-2)13-11(14)7-17-18(13)3/h4-7,12,16H,1-3H3. The molecule has 1 atom stereocenters. The van der Waals surface area contributed by atoms with E-state index in [-0.39, 0.29) is 6.04 Å². The molecule has 0 aliphatic carbocycles. The van der Waals surface area contributed by atoms with E-state index in [4.69, 9.17) is 11.6 Å². The number of halogens is 2. The Kier molecular flexibility index (Phi) is 4.10. The molecule has 1 heterocycles. The Bertz CT molecular complexity index is 526. The summed E-state index contributed by atoms with van der Waals surface area (Å²) in [6, 6.07) is 6.13. The van der Waals surface area contributed by atoms with Crippen LogP contribution in [0.3, 0.4) is 0 Å². The summed E-state index contributed by atoms with van der Waals surface area (Å²) in [6.07, 6.45) is 1.80. The summed E-state index contributed by atoms with van der Waals surface area (Å²) in [4.78, 5) is 0. The van der Waals surface area contributed by atoms with E-state index in [2.05, 4.69) is 32.4 Å². The summed E-state index contributed by atoms with van der Waals surface area (Å²) < 4.78 is 2.85. The molecule has 1 N–H and O–H groups in total. The monoisotopic (exact) mass is 327 g/mol. The summed E-state index contributed by atoms with van der Waals surface area (Å²) in [7, 11) is 3.86. The van der Waals surface area contributed by atoms with Gasteiger partial charge in [0.1, 0.15) is 0 Å². The molecular weight excluding hydrogens is 314 g/mol. The van der Waals surface area contributed by atoms with E-state index in [0.29, 0.717) is 0 Å². The second kappa shape index (κ2) is 5.43. The fourth-order valence-corrected chi connectivity index (χ4v) is 3.01. The number of nitrogens with one attached hydrogen (secondary N) is 1. The third-order valence-corrected chi connectivity index (χ3v) is 3.73. The van der Waals surface area contributed by atoms with E-state index >= 15 is 0 Å². The van der Waals surface area contributed by atoms with Gasteiger partial charge in [0, 0.05) is 12.1 Å². The Labute approximate surface area is 120 Å². The van der Waals surface area contributed by atoms with Crippen LogP contribution in [-0.2, 0) is 7.05 Å². The van der Waals surface area contributed by atoms with Gasteiger partial charge in [0.25, 0.3) is 0 Å². The lowest BCUT2D eigenvalue weighted by molar-refractivity contribution is 0.604. The lowest BCUT2D eigenvalue weighted by Crippen LogP contribution is -2.21. The second-order valence-corrected chi connectivity index (χ2v) is 5.58. The molecule has 1 unspecified atom stereocenters. The van der Waals surface area contributed by atoms with Gasteiger partial charge in [-0.05, 0) is 53.2 Å². The van der Waals surface area contributed by atoms with Gasteiger partial charge in [0.05, 0.1) is 22.4 Å². The van der Waals surface area contributed by atoms with Crippen LogP contribution in [0.15, 0.2) is 28.9 Å². The second-order valence-electron chi connectivity index (χ2n) is 4.28. The zero-order valence-corrected chi connectivity index (χ0v) is 12.9. The van der Waals surface area contributed by atoms with Crippen LogP contribution in [0.4, 0.5) is 0 Å². The highest BCUT2D eigenvalue weighted by atomic mass is 79.9. The number of rotatable bonds is 3. The van der Waals surface area contributed by atoms with Crippen molar-refractivity contribution >= 4 is 27.5 Å². The Morgan fingerprint density at radius 1 is 1.39 bits per heavy atom. The van der Waals surface area contributed by atoms with Crippen molar-refractivity contribution in [1.29, 1.82) is 0 Å². The molecule has 5 heteroatoms. The molecule has 2 aromatic rings. The third-order valence-electron chi connectivity index (χ3n) is 2.90. The van der Waals surface area contributed by atoms with Crippen LogP contribution in [0, 0.1) is 6.92 Å². The molecule has 0 fully saturated rings. The maximum Gasteiger partial charge on any atom is 0.0757 e. The molecule has 0 radical (unpaired) electrons. The Hall–Kier alpha value is -0.840. The van der Waals surface area contributed by atoms with Gasteiger partial charge < -0.3 is 5.32 Å². The van der Waals surface area contributed by atoms with E-state index < -0.39 is 0 Å². The normalized spacial score (nSPS) is 12.7. The largest absolute Gasteiger partial charge is 0.308 e. The van der Waals surface area contributed by atoms with Gasteiger partial charge in [-0.3, -0.25) is 4.68 Å². The molecule has 18 heavy (non-hydrogen) atoms. The number of benzene rings is 1. The van der Waals surface area contributed by atoms with Crippen LogP contribution in [0.25, 0.3) is 0 Å². The molecule has 0 amide bonds. The van der Waals surface area contributed by atoms with Crippen molar-refractivity contribution in [3.63, 3.8) is 0 Å². The molecule has 1 aromatic carbocycles. The summed E-state index contributed by atoms with van der Waals surface area (Å²) >= 11 is 9.67. The predicted molar refractivity (Wildman–Crippen MR) is 78.0 cm³/mol. The van der Waals surface area contributed by atoms with Crippen molar-refractivity contribution < 1.29 is 0 Å². The third kappa shape index (κ3) is 2.60. The molecule has 0 aliphatic rings. The van der Waals surface area contributed by atoms with Crippen LogP contribution in [0.1, 0.15) is 22.9 Å². The number of hydrogen-bond acceptors (Lipinski definition) is 2. The van der Waals surface area contributed by atoms with Gasteiger partial charge >= 0.3 is 0 Å². The fourth-order valence-electron chi connectivity index (χ4n) is 2.14. The highest BCUT2D eigenvalue weighted by Gasteiger charge is 2.19. The highest BCUT2D eigenvalue weighted by molar-refractivity contribution is 9.10. The lowest BCUT2D eigenvalue weighted by Gasteiger charge is -2.18. The van der Waals surface area contributed by atoms with Gasteiger partial charge in [-0.2, -0.15) is 5.10 Å². The molecule has 96 valence electrons. The highest BCUT2D eigenvalue weighted by Crippen LogP contribution is 2.29. The average Bonchev–Trinajstić information content (AvgIpc) is 2.61. The Balaban J connectivity index is 2.52. The number of nitrogens with zero attached hydrogens (tertiary/aromatic N) is 2. The van der Waals surface area contributed by atoms with Gasteiger partial charge in [0.2, 0.25) is 0 Å². The molecule has 0 aliphatic heterocycles. The van der Waals surface area contributed by atoms with Crippen LogP contribution >= 0.6 is 27.5 Å². The average molecular weight is 329 g/mol. The Morgan fingerprint density at radius 3 is 2.61 bits per heavy atom. The minimum Gasteiger partial charge on any atom is -0.308 e. The Morgan fingerprint density at radius 2 is 2.11 bits per heavy atom. The first-order chi connectivity index (χ1) is 8.52. The molecular formula is C13H15BrClN3. The predicted octanol–water partition coefficient (Wildman–Crippen LogP) is 3.45. The molecule has 0 saturated carbocycles. The number of aryl methyl sites for hydroxylation is 2. The lowest BCUT2D eigenvalue weighted by atomic mass is 10.0. The quantitative estimate of drug-likeness (QED) is 0.935. The molecule has 0 spiro atoms. The van der Waals surface area contributed by atoms with Crippen molar-refractivity contribution in [2.24, 2.45) is 7.05 Å². The zero-order chi connectivity index (χ0) is 13.3. The summed E-state index contributed by atoms with van der Waals surface area (Å²) in [5.41, 5.74) is 3.36. The first-order valence-electron chi connectivity index (χ1n) is 5.64.